The van der Waals surface area contributed by atoms with Crippen LogP contribution in [0, 0.1) is 17.1 Å². The zero-order valence-corrected chi connectivity index (χ0v) is 11.2. The molecule has 0 radical (unpaired) electrons. The van der Waals surface area contributed by atoms with E-state index in [0.29, 0.717) is 12.1 Å². The molecular formula is C14H20FN3O. The molecule has 4 nitrogen and oxygen atoms in total. The van der Waals surface area contributed by atoms with E-state index < -0.39 is 0 Å². The van der Waals surface area contributed by atoms with E-state index in [1.807, 2.05) is 0 Å². The lowest BCUT2D eigenvalue weighted by atomic mass is 9.95. The highest BCUT2D eigenvalue weighted by Crippen LogP contribution is 2.23. The van der Waals surface area contributed by atoms with Crippen molar-refractivity contribution in [2.45, 2.75) is 19.4 Å². The molecule has 0 unspecified atom stereocenters. The van der Waals surface area contributed by atoms with Crippen LogP contribution in [0.3, 0.4) is 0 Å². The minimum atomic E-state index is -0.279. The van der Waals surface area contributed by atoms with Gasteiger partial charge in [0.15, 0.2) is 11.6 Å². The van der Waals surface area contributed by atoms with Gasteiger partial charge in [0.25, 0.3) is 0 Å². The van der Waals surface area contributed by atoms with Gasteiger partial charge in [-0.05, 0) is 32.0 Å². The fraction of sp³-hybridized carbons (Fsp3) is 0.500. The van der Waals surface area contributed by atoms with Crippen molar-refractivity contribution >= 4 is 5.84 Å². The number of benzene rings is 1. The van der Waals surface area contributed by atoms with Crippen LogP contribution in [0.5, 0.6) is 5.75 Å². The smallest absolute Gasteiger partial charge is 0.169 e. The van der Waals surface area contributed by atoms with E-state index in [1.165, 1.54) is 7.11 Å². The van der Waals surface area contributed by atoms with E-state index in [4.69, 9.17) is 15.9 Å². The number of halogens is 1. The maximum Gasteiger partial charge on any atom is 0.169 e. The molecular weight excluding hydrogens is 245 g/mol. The number of likely N-dealkylation sites (tertiary alicyclic amines) is 1. The van der Waals surface area contributed by atoms with Gasteiger partial charge < -0.3 is 10.5 Å². The van der Waals surface area contributed by atoms with Crippen LogP contribution in [-0.2, 0) is 6.54 Å². The maximum absolute atomic E-state index is 14.0. The summed E-state index contributed by atoms with van der Waals surface area (Å²) in [6.07, 6.45) is 1.75. The van der Waals surface area contributed by atoms with Gasteiger partial charge in [0, 0.05) is 18.0 Å². The Morgan fingerprint density at radius 3 is 2.74 bits per heavy atom. The van der Waals surface area contributed by atoms with Crippen LogP contribution in [0.1, 0.15) is 18.4 Å². The van der Waals surface area contributed by atoms with E-state index in [0.717, 1.165) is 25.9 Å². The summed E-state index contributed by atoms with van der Waals surface area (Å²) in [7, 11) is 1.47. The number of nitrogens with two attached hydrogens (primary N) is 1. The highest BCUT2D eigenvalue weighted by atomic mass is 19.1. The fourth-order valence-electron chi connectivity index (χ4n) is 2.48. The molecule has 1 saturated heterocycles. The number of ether oxygens (including phenoxy) is 1. The Hall–Kier alpha value is -1.62. The van der Waals surface area contributed by atoms with Crippen LogP contribution >= 0.6 is 0 Å². The Kier molecular flexibility index (Phi) is 4.37. The second-order valence-corrected chi connectivity index (χ2v) is 4.94. The van der Waals surface area contributed by atoms with Crippen LogP contribution in [-0.4, -0.2) is 30.9 Å². The predicted molar refractivity (Wildman–Crippen MR) is 72.9 cm³/mol. The number of hydrogen-bond donors (Lipinski definition) is 2. The van der Waals surface area contributed by atoms with Crippen molar-refractivity contribution < 1.29 is 9.13 Å². The van der Waals surface area contributed by atoms with Crippen molar-refractivity contribution in [2.24, 2.45) is 11.7 Å². The number of nitrogens with one attached hydrogen (secondary N) is 1. The molecule has 1 aromatic carbocycles. The lowest BCUT2D eigenvalue weighted by molar-refractivity contribution is 0.198. The molecule has 1 aliphatic rings. The molecule has 0 bridgehead atoms. The largest absolute Gasteiger partial charge is 0.494 e. The highest BCUT2D eigenvalue weighted by Gasteiger charge is 2.22. The number of rotatable bonds is 4. The molecule has 2 rings (SSSR count). The topological polar surface area (TPSA) is 62.3 Å². The molecule has 0 atom stereocenters. The van der Waals surface area contributed by atoms with E-state index in [-0.39, 0.29) is 23.3 Å². The standard InChI is InChI=1S/C14H20FN3O/c1-19-12-4-2-3-11(13(12)15)9-18-7-5-10(6-8-18)14(16)17/h2-4,10H,5-9H2,1H3,(H3,16,17). The van der Waals surface area contributed by atoms with Crippen molar-refractivity contribution in [1.29, 1.82) is 5.41 Å². The summed E-state index contributed by atoms with van der Waals surface area (Å²) in [5.74, 6) is 0.466. The molecule has 19 heavy (non-hydrogen) atoms. The zero-order valence-electron chi connectivity index (χ0n) is 11.2. The van der Waals surface area contributed by atoms with E-state index in [9.17, 15) is 4.39 Å². The molecule has 1 aliphatic heterocycles. The molecule has 0 aliphatic carbocycles. The Morgan fingerprint density at radius 2 is 2.16 bits per heavy atom. The van der Waals surface area contributed by atoms with Crippen molar-refractivity contribution in [2.75, 3.05) is 20.2 Å². The Labute approximate surface area is 112 Å². The van der Waals surface area contributed by atoms with Crippen LogP contribution in [0.4, 0.5) is 4.39 Å². The molecule has 1 aromatic rings. The minimum Gasteiger partial charge on any atom is -0.494 e. The summed E-state index contributed by atoms with van der Waals surface area (Å²) >= 11 is 0. The van der Waals surface area contributed by atoms with Crippen LogP contribution < -0.4 is 10.5 Å². The van der Waals surface area contributed by atoms with Crippen molar-refractivity contribution in [3.8, 4) is 5.75 Å². The summed E-state index contributed by atoms with van der Waals surface area (Å²) in [4.78, 5) is 2.19. The summed E-state index contributed by atoms with van der Waals surface area (Å²) in [5.41, 5.74) is 6.17. The predicted octanol–water partition coefficient (Wildman–Crippen LogP) is 1.98. The SMILES string of the molecule is COc1cccc(CN2CCC(C(=N)N)CC2)c1F. The Bertz CT molecular complexity index is 456. The molecule has 0 amide bonds. The number of piperidine rings is 1. The van der Waals surface area contributed by atoms with Crippen molar-refractivity contribution in [3.63, 3.8) is 0 Å². The summed E-state index contributed by atoms with van der Waals surface area (Å²) in [5, 5.41) is 7.45. The first-order valence-electron chi connectivity index (χ1n) is 6.49. The number of nitrogens with zero attached hydrogens (tertiary/aromatic N) is 1. The quantitative estimate of drug-likeness (QED) is 0.646. The van der Waals surface area contributed by atoms with Gasteiger partial charge in [0.1, 0.15) is 0 Å². The van der Waals surface area contributed by atoms with E-state index in [2.05, 4.69) is 4.90 Å². The average molecular weight is 265 g/mol. The van der Waals surface area contributed by atoms with Gasteiger partial charge in [0.05, 0.1) is 12.9 Å². The van der Waals surface area contributed by atoms with Gasteiger partial charge in [0.2, 0.25) is 0 Å². The van der Waals surface area contributed by atoms with Gasteiger partial charge in [-0.15, -0.1) is 0 Å². The van der Waals surface area contributed by atoms with Gasteiger partial charge in [-0.2, -0.15) is 0 Å². The van der Waals surface area contributed by atoms with E-state index >= 15 is 0 Å². The number of hydrogen-bond acceptors (Lipinski definition) is 3. The molecule has 1 heterocycles. The van der Waals surface area contributed by atoms with E-state index in [1.54, 1.807) is 18.2 Å². The second-order valence-electron chi connectivity index (χ2n) is 4.94. The Morgan fingerprint density at radius 1 is 1.47 bits per heavy atom. The second kappa shape index (κ2) is 6.02. The average Bonchev–Trinajstić information content (AvgIpc) is 2.42. The summed E-state index contributed by atoms with van der Waals surface area (Å²) < 4.78 is 19.0. The maximum atomic E-state index is 14.0. The van der Waals surface area contributed by atoms with Gasteiger partial charge in [-0.25, -0.2) is 4.39 Å². The first-order valence-corrected chi connectivity index (χ1v) is 6.49. The summed E-state index contributed by atoms with van der Waals surface area (Å²) in [6, 6.07) is 5.22. The van der Waals surface area contributed by atoms with Crippen molar-refractivity contribution in [1.82, 2.24) is 4.90 Å². The normalized spacial score (nSPS) is 17.4. The molecule has 0 aromatic heterocycles. The number of amidine groups is 1. The third-order valence-corrected chi connectivity index (χ3v) is 3.68. The molecule has 3 N–H and O–H groups in total. The van der Waals surface area contributed by atoms with Crippen molar-refractivity contribution in [3.05, 3.63) is 29.6 Å². The van der Waals surface area contributed by atoms with Crippen LogP contribution in [0.2, 0.25) is 0 Å². The molecule has 5 heteroatoms. The van der Waals surface area contributed by atoms with Crippen LogP contribution in [0.15, 0.2) is 18.2 Å². The monoisotopic (exact) mass is 265 g/mol. The summed E-state index contributed by atoms with van der Waals surface area (Å²) in [6.45, 7) is 2.27. The van der Waals surface area contributed by atoms with Gasteiger partial charge >= 0.3 is 0 Å². The molecule has 0 spiro atoms. The highest BCUT2D eigenvalue weighted by molar-refractivity contribution is 5.79. The fourth-order valence-corrected chi connectivity index (χ4v) is 2.48. The third-order valence-electron chi connectivity index (χ3n) is 3.68. The molecule has 1 fully saturated rings. The lowest BCUT2D eigenvalue weighted by Crippen LogP contribution is -2.38. The lowest BCUT2D eigenvalue weighted by Gasteiger charge is -2.31. The Balaban J connectivity index is 1.98. The minimum absolute atomic E-state index is 0.186. The zero-order chi connectivity index (χ0) is 13.8. The first kappa shape index (κ1) is 13.8. The first-order chi connectivity index (χ1) is 9.11. The molecule has 0 saturated carbocycles. The third kappa shape index (κ3) is 3.23. The molecule has 104 valence electrons. The van der Waals surface area contributed by atoms with Crippen LogP contribution in [0.25, 0.3) is 0 Å². The van der Waals surface area contributed by atoms with Gasteiger partial charge in [-0.1, -0.05) is 12.1 Å². The van der Waals surface area contributed by atoms with Gasteiger partial charge in [-0.3, -0.25) is 10.3 Å². The number of methoxy groups -OCH3 is 1.